The van der Waals surface area contributed by atoms with Crippen molar-refractivity contribution in [2.75, 3.05) is 18.9 Å². The molecule has 1 rings (SSSR count). The highest BCUT2D eigenvalue weighted by molar-refractivity contribution is 14.1. The lowest BCUT2D eigenvalue weighted by Gasteiger charge is -2.15. The molecule has 5 heteroatoms. The summed E-state index contributed by atoms with van der Waals surface area (Å²) in [5.74, 6) is -0.498. The summed E-state index contributed by atoms with van der Waals surface area (Å²) >= 11 is 2.21. The molecule has 96 valence electrons. The molecule has 1 N–H and O–H groups in total. The molecule has 0 unspecified atom stereocenters. The first-order valence-electron chi connectivity index (χ1n) is 5.38. The van der Waals surface area contributed by atoms with Crippen LogP contribution in [0.5, 0.6) is 0 Å². The number of nitrogens with zero attached hydrogens (tertiary/aromatic N) is 1. The lowest BCUT2D eigenvalue weighted by atomic mass is 10.2. The first-order valence-corrected chi connectivity index (χ1v) is 6.46. The zero-order valence-corrected chi connectivity index (χ0v) is 12.5. The van der Waals surface area contributed by atoms with E-state index in [9.17, 15) is 9.59 Å². The summed E-state index contributed by atoms with van der Waals surface area (Å²) in [4.78, 5) is 24.3. The monoisotopic (exact) mass is 358 g/mol. The molecule has 1 aromatic rings. The SMILES string of the molecule is C=CC(=O)N(C)CC(=O)Nc1cccc(I)c1C. The van der Waals surface area contributed by atoms with Crippen LogP contribution in [0.25, 0.3) is 0 Å². The Morgan fingerprint density at radius 3 is 2.78 bits per heavy atom. The van der Waals surface area contributed by atoms with Crippen molar-refractivity contribution in [1.82, 2.24) is 4.90 Å². The van der Waals surface area contributed by atoms with Crippen LogP contribution in [-0.2, 0) is 9.59 Å². The van der Waals surface area contributed by atoms with Crippen LogP contribution in [0, 0.1) is 10.5 Å². The van der Waals surface area contributed by atoms with Crippen LogP contribution in [0.4, 0.5) is 5.69 Å². The van der Waals surface area contributed by atoms with Crippen molar-refractivity contribution in [3.05, 3.63) is 40.0 Å². The van der Waals surface area contributed by atoms with Gasteiger partial charge in [-0.15, -0.1) is 0 Å². The molecule has 18 heavy (non-hydrogen) atoms. The maximum atomic E-state index is 11.8. The number of benzene rings is 1. The smallest absolute Gasteiger partial charge is 0.246 e. The third-order valence-electron chi connectivity index (χ3n) is 2.47. The fraction of sp³-hybridized carbons (Fsp3) is 0.231. The molecule has 0 aliphatic heterocycles. The van der Waals surface area contributed by atoms with Crippen LogP contribution in [0.2, 0.25) is 0 Å². The topological polar surface area (TPSA) is 49.4 Å². The largest absolute Gasteiger partial charge is 0.333 e. The molecule has 0 bridgehead atoms. The molecular weight excluding hydrogens is 343 g/mol. The Bertz CT molecular complexity index is 486. The van der Waals surface area contributed by atoms with Crippen LogP contribution in [0.15, 0.2) is 30.9 Å². The van der Waals surface area contributed by atoms with Gasteiger partial charge in [0.05, 0.1) is 6.54 Å². The number of halogens is 1. The summed E-state index contributed by atoms with van der Waals surface area (Å²) in [6, 6.07) is 5.69. The van der Waals surface area contributed by atoms with Crippen molar-refractivity contribution in [2.45, 2.75) is 6.92 Å². The molecular formula is C13H15IN2O2. The number of nitrogens with one attached hydrogen (secondary N) is 1. The Morgan fingerprint density at radius 2 is 2.17 bits per heavy atom. The first-order chi connectivity index (χ1) is 8.45. The van der Waals surface area contributed by atoms with E-state index >= 15 is 0 Å². The van der Waals surface area contributed by atoms with E-state index in [1.54, 1.807) is 7.05 Å². The molecule has 1 aromatic carbocycles. The number of carbonyl (C=O) groups excluding carboxylic acids is 2. The summed E-state index contributed by atoms with van der Waals surface area (Å²) in [6.07, 6.45) is 1.18. The summed E-state index contributed by atoms with van der Waals surface area (Å²) in [5, 5.41) is 2.79. The van der Waals surface area contributed by atoms with E-state index in [0.29, 0.717) is 0 Å². The minimum atomic E-state index is -0.274. The van der Waals surface area contributed by atoms with Crippen LogP contribution in [0.3, 0.4) is 0 Å². The van der Waals surface area contributed by atoms with Crippen molar-refractivity contribution in [1.29, 1.82) is 0 Å². The lowest BCUT2D eigenvalue weighted by molar-refractivity contribution is -0.129. The Labute approximate surface area is 120 Å². The number of anilines is 1. The average Bonchev–Trinajstić information content (AvgIpc) is 2.33. The Kier molecular flexibility index (Phi) is 5.33. The molecule has 0 heterocycles. The van der Waals surface area contributed by atoms with E-state index in [0.717, 1.165) is 14.8 Å². The van der Waals surface area contributed by atoms with Gasteiger partial charge in [0.2, 0.25) is 11.8 Å². The van der Waals surface area contributed by atoms with Crippen molar-refractivity contribution < 1.29 is 9.59 Å². The van der Waals surface area contributed by atoms with Gasteiger partial charge in [0.15, 0.2) is 0 Å². The maximum Gasteiger partial charge on any atom is 0.246 e. The number of hydrogen-bond acceptors (Lipinski definition) is 2. The van der Waals surface area contributed by atoms with Crippen LogP contribution in [0.1, 0.15) is 5.56 Å². The van der Waals surface area contributed by atoms with Crippen LogP contribution >= 0.6 is 22.6 Å². The van der Waals surface area contributed by atoms with Crippen molar-refractivity contribution in [3.8, 4) is 0 Å². The van der Waals surface area contributed by atoms with Crippen molar-refractivity contribution in [2.24, 2.45) is 0 Å². The number of amides is 2. The van der Waals surface area contributed by atoms with Gasteiger partial charge in [-0.05, 0) is 53.3 Å². The fourth-order valence-corrected chi connectivity index (χ4v) is 1.88. The molecule has 0 fully saturated rings. The van der Waals surface area contributed by atoms with Gasteiger partial charge in [0.1, 0.15) is 0 Å². The van der Waals surface area contributed by atoms with Crippen LogP contribution in [-0.4, -0.2) is 30.3 Å². The number of hydrogen-bond donors (Lipinski definition) is 1. The molecule has 0 radical (unpaired) electrons. The van der Waals surface area contributed by atoms with E-state index in [1.807, 2.05) is 25.1 Å². The third kappa shape index (κ3) is 3.83. The first kappa shape index (κ1) is 14.7. The molecule has 0 aliphatic rings. The zero-order chi connectivity index (χ0) is 13.7. The number of likely N-dealkylation sites (N-methyl/N-ethyl adjacent to an activating group) is 1. The minimum Gasteiger partial charge on any atom is -0.333 e. The summed E-state index contributed by atoms with van der Waals surface area (Å²) in [5.41, 5.74) is 1.79. The molecule has 0 atom stereocenters. The van der Waals surface area contributed by atoms with Gasteiger partial charge in [0.25, 0.3) is 0 Å². The standard InChI is InChI=1S/C13H15IN2O2/c1-4-13(18)16(3)8-12(17)15-11-7-5-6-10(14)9(11)2/h4-7H,1,8H2,2-3H3,(H,15,17). The second-order valence-electron chi connectivity index (χ2n) is 3.86. The molecule has 0 aliphatic carbocycles. The van der Waals surface area contributed by atoms with Crippen molar-refractivity contribution in [3.63, 3.8) is 0 Å². The number of rotatable bonds is 4. The normalized spacial score (nSPS) is 9.72. The number of carbonyl (C=O) groups is 2. The molecule has 0 spiro atoms. The highest BCUT2D eigenvalue weighted by Crippen LogP contribution is 2.20. The maximum absolute atomic E-state index is 11.8. The lowest BCUT2D eigenvalue weighted by Crippen LogP contribution is -2.33. The fourth-order valence-electron chi connectivity index (χ4n) is 1.38. The van der Waals surface area contributed by atoms with E-state index in [1.165, 1.54) is 11.0 Å². The predicted molar refractivity (Wildman–Crippen MR) is 80.4 cm³/mol. The summed E-state index contributed by atoms with van der Waals surface area (Å²) < 4.78 is 1.08. The molecule has 4 nitrogen and oxygen atoms in total. The average molecular weight is 358 g/mol. The van der Waals surface area contributed by atoms with Gasteiger partial charge >= 0.3 is 0 Å². The second-order valence-corrected chi connectivity index (χ2v) is 5.02. The van der Waals surface area contributed by atoms with E-state index in [2.05, 4.69) is 34.5 Å². The predicted octanol–water partition coefficient (Wildman–Crippen LogP) is 2.18. The van der Waals surface area contributed by atoms with Crippen molar-refractivity contribution >= 4 is 40.1 Å². The molecule has 2 amide bonds. The van der Waals surface area contributed by atoms with E-state index in [4.69, 9.17) is 0 Å². The van der Waals surface area contributed by atoms with Gasteiger partial charge < -0.3 is 10.2 Å². The zero-order valence-electron chi connectivity index (χ0n) is 10.4. The summed E-state index contributed by atoms with van der Waals surface area (Å²) in [7, 11) is 1.56. The quantitative estimate of drug-likeness (QED) is 0.663. The molecule has 0 saturated carbocycles. The second kappa shape index (κ2) is 6.53. The van der Waals surface area contributed by atoms with Gasteiger partial charge in [0, 0.05) is 16.3 Å². The van der Waals surface area contributed by atoms with Gasteiger partial charge in [-0.25, -0.2) is 0 Å². The Balaban J connectivity index is 2.68. The minimum absolute atomic E-state index is 0.00969. The highest BCUT2D eigenvalue weighted by atomic mass is 127. The van der Waals surface area contributed by atoms with Gasteiger partial charge in [-0.1, -0.05) is 12.6 Å². The molecule has 0 saturated heterocycles. The van der Waals surface area contributed by atoms with Crippen LogP contribution < -0.4 is 5.32 Å². The van der Waals surface area contributed by atoms with Gasteiger partial charge in [-0.2, -0.15) is 0 Å². The van der Waals surface area contributed by atoms with Gasteiger partial charge in [-0.3, -0.25) is 9.59 Å². The Morgan fingerprint density at radius 1 is 1.50 bits per heavy atom. The molecule has 0 aromatic heterocycles. The highest BCUT2D eigenvalue weighted by Gasteiger charge is 2.11. The third-order valence-corrected chi connectivity index (χ3v) is 3.64. The van der Waals surface area contributed by atoms with E-state index in [-0.39, 0.29) is 18.4 Å². The summed E-state index contributed by atoms with van der Waals surface area (Å²) in [6.45, 7) is 5.32. The van der Waals surface area contributed by atoms with E-state index < -0.39 is 0 Å². The Hall–Kier alpha value is -1.37.